The molecule has 0 atom stereocenters. The molecule has 0 fully saturated rings. The Labute approximate surface area is 108 Å². The third-order valence-corrected chi connectivity index (χ3v) is 3.74. The molecule has 0 amide bonds. The topological polar surface area (TPSA) is 112 Å². The number of rotatable bonds is 3. The lowest BCUT2D eigenvalue weighted by Gasteiger charge is -2.04. The minimum Gasteiger partial charge on any atom is -0.399 e. The number of aromatic nitrogens is 2. The van der Waals surface area contributed by atoms with Crippen LogP contribution in [0.25, 0.3) is 0 Å². The molecule has 0 aliphatic heterocycles. The van der Waals surface area contributed by atoms with Crippen molar-refractivity contribution >= 4 is 27.5 Å². The van der Waals surface area contributed by atoms with E-state index in [0.29, 0.717) is 15.7 Å². The quantitative estimate of drug-likeness (QED) is 0.637. The molecule has 1 aromatic carbocycles. The van der Waals surface area contributed by atoms with E-state index in [2.05, 4.69) is 9.97 Å². The molecule has 4 N–H and O–H groups in total. The summed E-state index contributed by atoms with van der Waals surface area (Å²) in [5, 5.41) is 5.57. The van der Waals surface area contributed by atoms with E-state index < -0.39 is 10.0 Å². The number of primary sulfonamides is 1. The fourth-order valence-corrected chi connectivity index (χ4v) is 2.75. The number of nitrogens with two attached hydrogens (primary N) is 2. The van der Waals surface area contributed by atoms with Crippen LogP contribution in [0.5, 0.6) is 0 Å². The maximum Gasteiger partial charge on any atom is 0.238 e. The van der Waals surface area contributed by atoms with Crippen molar-refractivity contribution in [1.82, 2.24) is 9.97 Å². The minimum absolute atomic E-state index is 0.0269. The number of sulfonamides is 1. The van der Waals surface area contributed by atoms with Crippen LogP contribution < -0.4 is 10.9 Å². The second kappa shape index (κ2) is 4.92. The van der Waals surface area contributed by atoms with Gasteiger partial charge in [-0.25, -0.2) is 23.5 Å². The number of anilines is 1. The molecule has 0 radical (unpaired) electrons. The smallest absolute Gasteiger partial charge is 0.238 e. The standard InChI is InChI=1S/C10H10N4O2S2/c11-7-4-8(6-9(5-7)18(12,15)16)17-10-13-2-1-3-14-10/h1-6H,11H2,(H2,12,15,16). The van der Waals surface area contributed by atoms with Crippen molar-refractivity contribution < 1.29 is 8.42 Å². The van der Waals surface area contributed by atoms with Gasteiger partial charge in [-0.2, -0.15) is 0 Å². The first-order chi connectivity index (χ1) is 8.45. The predicted molar refractivity (Wildman–Crippen MR) is 68.4 cm³/mol. The molecule has 94 valence electrons. The zero-order valence-electron chi connectivity index (χ0n) is 9.15. The highest BCUT2D eigenvalue weighted by molar-refractivity contribution is 7.99. The van der Waals surface area contributed by atoms with Crippen LogP contribution >= 0.6 is 11.8 Å². The molecule has 6 nitrogen and oxygen atoms in total. The van der Waals surface area contributed by atoms with Gasteiger partial charge in [0.25, 0.3) is 0 Å². The normalized spacial score (nSPS) is 11.4. The van der Waals surface area contributed by atoms with Crippen molar-refractivity contribution in [3.05, 3.63) is 36.7 Å². The van der Waals surface area contributed by atoms with Gasteiger partial charge in [0.2, 0.25) is 10.0 Å². The van der Waals surface area contributed by atoms with Crippen LogP contribution in [-0.4, -0.2) is 18.4 Å². The molecule has 0 saturated heterocycles. The maximum absolute atomic E-state index is 11.3. The Hall–Kier alpha value is -1.64. The molecular weight excluding hydrogens is 272 g/mol. The molecule has 0 bridgehead atoms. The van der Waals surface area contributed by atoms with Crippen LogP contribution in [0, 0.1) is 0 Å². The second-order valence-corrected chi connectivity index (χ2v) is 6.02. The molecule has 8 heteroatoms. The number of hydrogen-bond acceptors (Lipinski definition) is 6. The highest BCUT2D eigenvalue weighted by Gasteiger charge is 2.11. The van der Waals surface area contributed by atoms with Gasteiger partial charge < -0.3 is 5.73 Å². The Morgan fingerprint density at radius 1 is 1.11 bits per heavy atom. The van der Waals surface area contributed by atoms with E-state index in [1.165, 1.54) is 23.9 Å². The first-order valence-electron chi connectivity index (χ1n) is 4.83. The van der Waals surface area contributed by atoms with Gasteiger partial charge >= 0.3 is 0 Å². The largest absolute Gasteiger partial charge is 0.399 e. The molecule has 2 aromatic rings. The van der Waals surface area contributed by atoms with E-state index in [9.17, 15) is 8.42 Å². The van der Waals surface area contributed by atoms with Crippen LogP contribution in [0.1, 0.15) is 0 Å². The SMILES string of the molecule is Nc1cc(Sc2ncccn2)cc(S(N)(=O)=O)c1. The van der Waals surface area contributed by atoms with E-state index in [1.54, 1.807) is 24.5 Å². The van der Waals surface area contributed by atoms with E-state index in [-0.39, 0.29) is 4.90 Å². The van der Waals surface area contributed by atoms with Gasteiger partial charge in [0.1, 0.15) is 0 Å². The Balaban J connectivity index is 2.38. The fourth-order valence-electron chi connectivity index (χ4n) is 1.26. The zero-order valence-corrected chi connectivity index (χ0v) is 10.8. The van der Waals surface area contributed by atoms with Gasteiger partial charge in [0.05, 0.1) is 4.90 Å². The summed E-state index contributed by atoms with van der Waals surface area (Å²) in [4.78, 5) is 8.64. The van der Waals surface area contributed by atoms with Crippen LogP contribution in [0.3, 0.4) is 0 Å². The summed E-state index contributed by atoms with van der Waals surface area (Å²) in [6.07, 6.45) is 3.20. The van der Waals surface area contributed by atoms with Gasteiger partial charge in [-0.15, -0.1) is 0 Å². The van der Waals surface area contributed by atoms with E-state index in [0.717, 1.165) is 0 Å². The Bertz CT molecular complexity index is 659. The molecule has 0 spiro atoms. The summed E-state index contributed by atoms with van der Waals surface area (Å²) in [6.45, 7) is 0. The molecule has 0 aliphatic carbocycles. The fraction of sp³-hybridized carbons (Fsp3) is 0. The molecule has 1 heterocycles. The molecule has 0 aliphatic rings. The maximum atomic E-state index is 11.3. The molecule has 18 heavy (non-hydrogen) atoms. The summed E-state index contributed by atoms with van der Waals surface area (Å²) in [6, 6.07) is 6.08. The van der Waals surface area contributed by atoms with E-state index >= 15 is 0 Å². The molecule has 0 unspecified atom stereocenters. The average Bonchev–Trinajstić information content (AvgIpc) is 2.28. The Kier molecular flexibility index (Phi) is 3.50. The number of hydrogen-bond donors (Lipinski definition) is 2. The third-order valence-electron chi connectivity index (χ3n) is 1.98. The lowest BCUT2D eigenvalue weighted by molar-refractivity contribution is 0.597. The van der Waals surface area contributed by atoms with Crippen LogP contribution in [0.4, 0.5) is 5.69 Å². The van der Waals surface area contributed by atoms with Crippen molar-refractivity contribution in [2.45, 2.75) is 14.9 Å². The lowest BCUT2D eigenvalue weighted by Crippen LogP contribution is -2.12. The Morgan fingerprint density at radius 3 is 2.39 bits per heavy atom. The van der Waals surface area contributed by atoms with Crippen LogP contribution in [0.15, 0.2) is 51.6 Å². The molecule has 1 aromatic heterocycles. The van der Waals surface area contributed by atoms with Crippen molar-refractivity contribution in [2.24, 2.45) is 5.14 Å². The average molecular weight is 282 g/mol. The van der Waals surface area contributed by atoms with Crippen molar-refractivity contribution in [1.29, 1.82) is 0 Å². The summed E-state index contributed by atoms with van der Waals surface area (Å²) >= 11 is 1.21. The summed E-state index contributed by atoms with van der Waals surface area (Å²) < 4.78 is 22.5. The first-order valence-corrected chi connectivity index (χ1v) is 7.20. The summed E-state index contributed by atoms with van der Waals surface area (Å²) in [7, 11) is -3.77. The van der Waals surface area contributed by atoms with Gasteiger partial charge in [-0.1, -0.05) is 0 Å². The summed E-state index contributed by atoms with van der Waals surface area (Å²) in [5.41, 5.74) is 5.96. The molecular formula is C10H10N4O2S2. The second-order valence-electron chi connectivity index (χ2n) is 3.42. The van der Waals surface area contributed by atoms with Gasteiger partial charge in [0, 0.05) is 23.0 Å². The monoisotopic (exact) mass is 282 g/mol. The number of benzene rings is 1. The number of nitrogen functional groups attached to an aromatic ring is 1. The number of nitrogens with zero attached hydrogens (tertiary/aromatic N) is 2. The highest BCUT2D eigenvalue weighted by Crippen LogP contribution is 2.28. The predicted octanol–water partition coefficient (Wildman–Crippen LogP) is 0.857. The van der Waals surface area contributed by atoms with Gasteiger partial charge in [-0.05, 0) is 36.0 Å². The zero-order chi connectivity index (χ0) is 13.2. The third kappa shape index (κ3) is 3.19. The van der Waals surface area contributed by atoms with Crippen molar-refractivity contribution in [3.8, 4) is 0 Å². The van der Waals surface area contributed by atoms with Gasteiger partial charge in [0.15, 0.2) is 5.16 Å². The lowest BCUT2D eigenvalue weighted by atomic mass is 10.3. The highest BCUT2D eigenvalue weighted by atomic mass is 32.2. The van der Waals surface area contributed by atoms with E-state index in [4.69, 9.17) is 10.9 Å². The van der Waals surface area contributed by atoms with E-state index in [1.807, 2.05) is 0 Å². The summed E-state index contributed by atoms with van der Waals surface area (Å²) in [5.74, 6) is 0. The van der Waals surface area contributed by atoms with Crippen LogP contribution in [0.2, 0.25) is 0 Å². The minimum atomic E-state index is -3.77. The molecule has 0 saturated carbocycles. The van der Waals surface area contributed by atoms with Crippen LogP contribution in [-0.2, 0) is 10.0 Å². The van der Waals surface area contributed by atoms with Gasteiger partial charge in [-0.3, -0.25) is 0 Å². The Morgan fingerprint density at radius 2 is 1.78 bits per heavy atom. The molecule has 2 rings (SSSR count). The van der Waals surface area contributed by atoms with Crippen molar-refractivity contribution in [2.75, 3.05) is 5.73 Å². The van der Waals surface area contributed by atoms with Crippen molar-refractivity contribution in [3.63, 3.8) is 0 Å². The first kappa shape index (κ1) is 12.8.